The largest absolute Gasteiger partial charge is 0.444 e. The molecule has 5 heteroatoms. The zero-order valence-electron chi connectivity index (χ0n) is 15.8. The van der Waals surface area contributed by atoms with E-state index in [-0.39, 0.29) is 12.0 Å². The summed E-state index contributed by atoms with van der Waals surface area (Å²) < 4.78 is 32.6. The standard InChI is InChI=1S/C22H25F2NO2/c1-22(2,3)27-21(26)25-18(14-16-10-6-4-7-11-16)15-19(20(23)24)17-12-8-5-9-13-17/h4-13,18H,14-15H2,1-3H3,(H,25,26). The fraction of sp³-hybridized carbons (Fsp3) is 0.318. The van der Waals surface area contributed by atoms with E-state index < -0.39 is 23.8 Å². The van der Waals surface area contributed by atoms with Gasteiger partial charge in [-0.1, -0.05) is 60.7 Å². The Bertz CT molecular complexity index is 764. The van der Waals surface area contributed by atoms with E-state index in [2.05, 4.69) is 5.32 Å². The summed E-state index contributed by atoms with van der Waals surface area (Å²) in [5.41, 5.74) is 0.657. The summed E-state index contributed by atoms with van der Waals surface area (Å²) in [7, 11) is 0. The number of carbonyl (C=O) groups is 1. The second-order valence-corrected chi connectivity index (χ2v) is 7.34. The summed E-state index contributed by atoms with van der Waals surface area (Å²) in [4.78, 5) is 12.2. The third kappa shape index (κ3) is 7.21. The molecular weight excluding hydrogens is 348 g/mol. The Morgan fingerprint density at radius 1 is 1.00 bits per heavy atom. The molecule has 0 heterocycles. The van der Waals surface area contributed by atoms with Gasteiger partial charge in [-0.2, -0.15) is 8.78 Å². The van der Waals surface area contributed by atoms with E-state index in [1.807, 2.05) is 30.3 Å². The molecule has 27 heavy (non-hydrogen) atoms. The molecule has 1 N–H and O–H groups in total. The molecule has 0 radical (unpaired) electrons. The predicted molar refractivity (Wildman–Crippen MR) is 103 cm³/mol. The minimum absolute atomic E-state index is 0.000480. The van der Waals surface area contributed by atoms with Gasteiger partial charge in [0.25, 0.3) is 6.08 Å². The van der Waals surface area contributed by atoms with Gasteiger partial charge in [0.15, 0.2) is 0 Å². The smallest absolute Gasteiger partial charge is 0.407 e. The third-order valence-electron chi connectivity index (χ3n) is 3.85. The molecule has 2 aromatic rings. The summed E-state index contributed by atoms with van der Waals surface area (Å²) in [5, 5.41) is 2.75. The minimum atomic E-state index is -1.75. The van der Waals surface area contributed by atoms with Gasteiger partial charge < -0.3 is 10.1 Å². The highest BCUT2D eigenvalue weighted by Crippen LogP contribution is 2.27. The van der Waals surface area contributed by atoms with Crippen LogP contribution in [-0.2, 0) is 11.2 Å². The number of rotatable bonds is 6. The Hall–Kier alpha value is -2.69. The Labute approximate surface area is 159 Å². The van der Waals surface area contributed by atoms with Crippen LogP contribution in [0.1, 0.15) is 38.3 Å². The van der Waals surface area contributed by atoms with E-state index in [9.17, 15) is 13.6 Å². The van der Waals surface area contributed by atoms with Gasteiger partial charge in [-0.25, -0.2) is 4.79 Å². The Morgan fingerprint density at radius 2 is 1.56 bits per heavy atom. The van der Waals surface area contributed by atoms with Crippen molar-refractivity contribution >= 4 is 11.7 Å². The molecule has 0 spiro atoms. The number of alkyl carbamates (subject to hydrolysis) is 1. The van der Waals surface area contributed by atoms with Crippen molar-refractivity contribution in [2.75, 3.05) is 0 Å². The maximum absolute atomic E-state index is 13.6. The molecule has 0 aliphatic rings. The normalized spacial score (nSPS) is 12.2. The van der Waals surface area contributed by atoms with E-state index in [1.165, 1.54) is 0 Å². The molecular formula is C22H25F2NO2. The van der Waals surface area contributed by atoms with Crippen molar-refractivity contribution in [1.29, 1.82) is 0 Å². The number of nitrogens with one attached hydrogen (secondary N) is 1. The molecule has 0 saturated heterocycles. The topological polar surface area (TPSA) is 38.3 Å². The van der Waals surface area contributed by atoms with Gasteiger partial charge in [0.2, 0.25) is 0 Å². The first-order valence-corrected chi connectivity index (χ1v) is 8.87. The SMILES string of the molecule is CC(C)(C)OC(=O)NC(CC(=C(F)F)c1ccccc1)Cc1ccccc1. The van der Waals surface area contributed by atoms with Crippen molar-refractivity contribution in [3.8, 4) is 0 Å². The van der Waals surface area contributed by atoms with E-state index in [4.69, 9.17) is 4.74 Å². The number of carbonyl (C=O) groups excluding carboxylic acids is 1. The second kappa shape index (κ2) is 9.31. The van der Waals surface area contributed by atoms with Crippen LogP contribution in [0.3, 0.4) is 0 Å². The van der Waals surface area contributed by atoms with Gasteiger partial charge in [-0.05, 0) is 44.7 Å². The molecule has 0 bridgehead atoms. The maximum atomic E-state index is 13.6. The molecule has 1 amide bonds. The zero-order chi connectivity index (χ0) is 19.9. The monoisotopic (exact) mass is 373 g/mol. The van der Waals surface area contributed by atoms with Crippen LogP contribution in [-0.4, -0.2) is 17.7 Å². The average molecular weight is 373 g/mol. The lowest BCUT2D eigenvalue weighted by Crippen LogP contribution is -2.40. The number of ether oxygens (including phenoxy) is 1. The highest BCUT2D eigenvalue weighted by molar-refractivity contribution is 5.70. The summed E-state index contributed by atoms with van der Waals surface area (Å²) in [6, 6.07) is 17.4. The summed E-state index contributed by atoms with van der Waals surface area (Å²) in [5.74, 6) is 0. The highest BCUT2D eigenvalue weighted by Gasteiger charge is 2.22. The molecule has 0 aliphatic carbocycles. The van der Waals surface area contributed by atoms with E-state index in [1.54, 1.807) is 51.1 Å². The molecule has 1 unspecified atom stereocenters. The first-order chi connectivity index (χ1) is 12.7. The zero-order valence-corrected chi connectivity index (χ0v) is 15.8. The van der Waals surface area contributed by atoms with Crippen LogP contribution in [0.25, 0.3) is 5.57 Å². The lowest BCUT2D eigenvalue weighted by atomic mass is 9.95. The number of amides is 1. The van der Waals surface area contributed by atoms with Gasteiger partial charge in [0, 0.05) is 11.6 Å². The van der Waals surface area contributed by atoms with E-state index in [0.717, 1.165) is 5.56 Å². The molecule has 0 aromatic heterocycles. The van der Waals surface area contributed by atoms with Crippen LogP contribution >= 0.6 is 0 Å². The molecule has 3 nitrogen and oxygen atoms in total. The van der Waals surface area contributed by atoms with Crippen molar-refractivity contribution in [2.24, 2.45) is 0 Å². The van der Waals surface area contributed by atoms with Crippen molar-refractivity contribution in [1.82, 2.24) is 5.32 Å². The first-order valence-electron chi connectivity index (χ1n) is 8.87. The number of hydrogen-bond acceptors (Lipinski definition) is 2. The molecule has 144 valence electrons. The molecule has 0 aliphatic heterocycles. The molecule has 1 atom stereocenters. The van der Waals surface area contributed by atoms with Crippen molar-refractivity contribution < 1.29 is 18.3 Å². The van der Waals surface area contributed by atoms with Crippen molar-refractivity contribution in [2.45, 2.75) is 45.3 Å². The number of hydrogen-bond donors (Lipinski definition) is 1. The third-order valence-corrected chi connectivity index (χ3v) is 3.85. The highest BCUT2D eigenvalue weighted by atomic mass is 19.3. The summed E-state index contributed by atoms with van der Waals surface area (Å²) in [6.07, 6.45) is -1.94. The number of halogens is 2. The van der Waals surface area contributed by atoms with Gasteiger partial charge >= 0.3 is 6.09 Å². The quantitative estimate of drug-likeness (QED) is 0.693. The van der Waals surface area contributed by atoms with Crippen LogP contribution in [0.4, 0.5) is 13.6 Å². The lowest BCUT2D eigenvalue weighted by molar-refractivity contribution is 0.0505. The Morgan fingerprint density at radius 3 is 2.07 bits per heavy atom. The molecule has 2 rings (SSSR count). The van der Waals surface area contributed by atoms with Crippen LogP contribution < -0.4 is 5.32 Å². The fourth-order valence-electron chi connectivity index (χ4n) is 2.74. The van der Waals surface area contributed by atoms with E-state index >= 15 is 0 Å². The number of benzene rings is 2. The molecule has 0 saturated carbocycles. The Kier molecular flexibility index (Phi) is 7.11. The Balaban J connectivity index is 2.22. The van der Waals surface area contributed by atoms with Crippen LogP contribution in [0, 0.1) is 0 Å². The second-order valence-electron chi connectivity index (χ2n) is 7.34. The van der Waals surface area contributed by atoms with Gasteiger partial charge in [-0.3, -0.25) is 0 Å². The van der Waals surface area contributed by atoms with Crippen molar-refractivity contribution in [3.05, 3.63) is 77.9 Å². The summed E-state index contributed by atoms with van der Waals surface area (Å²) in [6.45, 7) is 5.28. The molecule has 2 aromatic carbocycles. The lowest BCUT2D eigenvalue weighted by Gasteiger charge is -2.24. The van der Waals surface area contributed by atoms with Gasteiger partial charge in [-0.15, -0.1) is 0 Å². The fourth-order valence-corrected chi connectivity index (χ4v) is 2.74. The maximum Gasteiger partial charge on any atom is 0.407 e. The van der Waals surface area contributed by atoms with Crippen molar-refractivity contribution in [3.63, 3.8) is 0 Å². The molecule has 0 fully saturated rings. The van der Waals surface area contributed by atoms with Crippen LogP contribution in [0.5, 0.6) is 0 Å². The summed E-state index contributed by atoms with van der Waals surface area (Å²) >= 11 is 0. The van der Waals surface area contributed by atoms with Gasteiger partial charge in [0.05, 0.1) is 0 Å². The van der Waals surface area contributed by atoms with E-state index in [0.29, 0.717) is 12.0 Å². The minimum Gasteiger partial charge on any atom is -0.444 e. The van der Waals surface area contributed by atoms with Crippen LogP contribution in [0.2, 0.25) is 0 Å². The van der Waals surface area contributed by atoms with Gasteiger partial charge in [0.1, 0.15) is 5.60 Å². The average Bonchev–Trinajstić information content (AvgIpc) is 2.59. The first kappa shape index (κ1) is 20.6. The predicted octanol–water partition coefficient (Wildman–Crippen LogP) is 5.82. The van der Waals surface area contributed by atoms with Crippen LogP contribution in [0.15, 0.2) is 66.7 Å².